The maximum atomic E-state index is 13.5. The molecule has 1 aliphatic heterocycles. The average molecular weight is 418 g/mol. The number of imidazole rings is 1. The van der Waals surface area contributed by atoms with E-state index in [1.807, 2.05) is 0 Å². The molecule has 1 unspecified atom stereocenters. The second-order valence-electron chi connectivity index (χ2n) is 6.53. The summed E-state index contributed by atoms with van der Waals surface area (Å²) in [5, 5.41) is 13.0. The molecule has 0 saturated carbocycles. The lowest BCUT2D eigenvalue weighted by Gasteiger charge is -2.24. The van der Waals surface area contributed by atoms with Gasteiger partial charge in [0.1, 0.15) is 18.0 Å². The van der Waals surface area contributed by atoms with E-state index >= 15 is 0 Å². The summed E-state index contributed by atoms with van der Waals surface area (Å²) in [6.07, 6.45) is 1.70. The molecular weight excluding hydrogens is 401 g/mol. The average Bonchev–Trinajstić information content (AvgIpc) is 3.13. The number of halogens is 2. The maximum absolute atomic E-state index is 13.5. The van der Waals surface area contributed by atoms with Crippen molar-refractivity contribution in [1.29, 1.82) is 0 Å². The smallest absolute Gasteiger partial charge is 0.226 e. The number of benzene rings is 2. The molecule has 0 bridgehead atoms. The molecule has 3 aromatic rings. The number of hydrogen-bond donors (Lipinski definition) is 2. The fourth-order valence-electron chi connectivity index (χ4n) is 3.43. The lowest BCUT2D eigenvalue weighted by molar-refractivity contribution is -0.116. The number of methoxy groups -OCH3 is 2. The van der Waals surface area contributed by atoms with Crippen LogP contribution in [0.2, 0.25) is 5.02 Å². The number of ether oxygens (including phenoxy) is 2. The minimum absolute atomic E-state index is 0.0309. The standard InChI is InChI=1S/C20H17ClFN3O4/c1-28-15-5-10(6-16(29-2)19(15)27)12-8-17(26)24-20-18(12)23-9-25(20)11-3-4-14(22)13(21)7-11/h3-7,9,12,27H,8H2,1-2H3,(H,24,26). The van der Waals surface area contributed by atoms with Gasteiger partial charge in [-0.2, -0.15) is 0 Å². The van der Waals surface area contributed by atoms with Gasteiger partial charge < -0.3 is 19.9 Å². The molecule has 2 heterocycles. The van der Waals surface area contributed by atoms with E-state index in [9.17, 15) is 14.3 Å². The molecule has 29 heavy (non-hydrogen) atoms. The summed E-state index contributed by atoms with van der Waals surface area (Å²) >= 11 is 5.90. The van der Waals surface area contributed by atoms with Crippen LogP contribution in [0.15, 0.2) is 36.7 Å². The Bertz CT molecular complexity index is 1090. The number of nitrogens with one attached hydrogen (secondary N) is 1. The van der Waals surface area contributed by atoms with Crippen LogP contribution in [-0.4, -0.2) is 34.8 Å². The van der Waals surface area contributed by atoms with Crippen molar-refractivity contribution in [3.05, 3.63) is 58.8 Å². The Labute approximate surface area is 170 Å². The highest BCUT2D eigenvalue weighted by Crippen LogP contribution is 2.44. The Morgan fingerprint density at radius 3 is 2.55 bits per heavy atom. The molecule has 0 aliphatic carbocycles. The zero-order valence-corrected chi connectivity index (χ0v) is 16.3. The Morgan fingerprint density at radius 1 is 1.24 bits per heavy atom. The molecule has 2 N–H and O–H groups in total. The first kappa shape index (κ1) is 19.1. The van der Waals surface area contributed by atoms with E-state index in [0.717, 1.165) is 0 Å². The van der Waals surface area contributed by atoms with Crippen molar-refractivity contribution in [1.82, 2.24) is 9.55 Å². The second-order valence-corrected chi connectivity index (χ2v) is 6.93. The minimum atomic E-state index is -0.533. The van der Waals surface area contributed by atoms with Crippen molar-refractivity contribution in [3.8, 4) is 22.9 Å². The Kier molecular flexibility index (Phi) is 4.79. The first-order valence-electron chi connectivity index (χ1n) is 8.70. The molecule has 7 nitrogen and oxygen atoms in total. The normalized spacial score (nSPS) is 15.6. The zero-order chi connectivity index (χ0) is 20.7. The predicted octanol–water partition coefficient (Wildman–Crippen LogP) is 3.86. The fourth-order valence-corrected chi connectivity index (χ4v) is 3.60. The Hall–Kier alpha value is -3.26. The quantitative estimate of drug-likeness (QED) is 0.673. The molecule has 4 rings (SSSR count). The monoisotopic (exact) mass is 417 g/mol. The van der Waals surface area contributed by atoms with Gasteiger partial charge in [0.2, 0.25) is 11.7 Å². The highest BCUT2D eigenvalue weighted by molar-refractivity contribution is 6.30. The van der Waals surface area contributed by atoms with Crippen molar-refractivity contribution in [2.24, 2.45) is 0 Å². The van der Waals surface area contributed by atoms with Crippen molar-refractivity contribution >= 4 is 23.3 Å². The molecule has 0 saturated heterocycles. The van der Waals surface area contributed by atoms with Crippen LogP contribution in [0.3, 0.4) is 0 Å². The van der Waals surface area contributed by atoms with Crippen molar-refractivity contribution in [2.45, 2.75) is 12.3 Å². The Balaban J connectivity index is 1.83. The molecule has 150 valence electrons. The van der Waals surface area contributed by atoms with Gasteiger partial charge in [0, 0.05) is 12.3 Å². The van der Waals surface area contributed by atoms with Crippen LogP contribution in [0.25, 0.3) is 5.69 Å². The summed E-state index contributed by atoms with van der Waals surface area (Å²) in [4.78, 5) is 16.9. The SMILES string of the molecule is COc1cc(C2CC(=O)Nc3c2ncn3-c2ccc(F)c(Cl)c2)cc(OC)c1O. The molecule has 1 atom stereocenters. The third-order valence-electron chi connectivity index (χ3n) is 4.86. The van der Waals surface area contributed by atoms with E-state index in [1.54, 1.807) is 29.1 Å². The number of rotatable bonds is 4. The first-order valence-corrected chi connectivity index (χ1v) is 9.08. The molecule has 1 aliphatic rings. The summed E-state index contributed by atoms with van der Waals surface area (Å²) in [5.41, 5.74) is 1.89. The van der Waals surface area contributed by atoms with Gasteiger partial charge in [-0.05, 0) is 35.9 Å². The topological polar surface area (TPSA) is 85.6 Å². The Morgan fingerprint density at radius 2 is 1.93 bits per heavy atom. The predicted molar refractivity (Wildman–Crippen MR) is 105 cm³/mol. The van der Waals surface area contributed by atoms with Gasteiger partial charge in [-0.15, -0.1) is 0 Å². The van der Waals surface area contributed by atoms with Gasteiger partial charge in [0.15, 0.2) is 11.5 Å². The molecule has 0 radical (unpaired) electrons. The van der Waals surface area contributed by atoms with E-state index in [-0.39, 0.29) is 40.5 Å². The first-order chi connectivity index (χ1) is 13.9. The number of nitrogens with zero attached hydrogens (tertiary/aromatic N) is 2. The molecule has 1 amide bonds. The van der Waals surface area contributed by atoms with Gasteiger partial charge in [0.25, 0.3) is 0 Å². The number of aromatic hydroxyl groups is 1. The molecule has 0 spiro atoms. The fraction of sp³-hybridized carbons (Fsp3) is 0.200. The van der Waals surface area contributed by atoms with Crippen LogP contribution in [-0.2, 0) is 4.79 Å². The summed E-state index contributed by atoms with van der Waals surface area (Å²) in [7, 11) is 2.87. The number of aromatic nitrogens is 2. The molecule has 2 aromatic carbocycles. The second kappa shape index (κ2) is 7.29. The highest BCUT2D eigenvalue weighted by Gasteiger charge is 2.32. The third-order valence-corrected chi connectivity index (χ3v) is 5.15. The van der Waals surface area contributed by atoms with E-state index in [1.165, 1.54) is 26.4 Å². The molecule has 0 fully saturated rings. The van der Waals surface area contributed by atoms with Crippen molar-refractivity contribution in [2.75, 3.05) is 19.5 Å². The van der Waals surface area contributed by atoms with E-state index in [4.69, 9.17) is 21.1 Å². The number of carbonyl (C=O) groups is 1. The molecule has 9 heteroatoms. The number of anilines is 1. The van der Waals surface area contributed by atoms with Crippen LogP contribution in [0, 0.1) is 5.82 Å². The summed E-state index contributed by atoms with van der Waals surface area (Å²) in [6.45, 7) is 0. The maximum Gasteiger partial charge on any atom is 0.226 e. The van der Waals surface area contributed by atoms with Gasteiger partial charge in [-0.1, -0.05) is 11.6 Å². The zero-order valence-electron chi connectivity index (χ0n) is 15.6. The number of amides is 1. The number of fused-ring (bicyclic) bond motifs is 1. The van der Waals surface area contributed by atoms with Crippen LogP contribution in [0.4, 0.5) is 10.2 Å². The van der Waals surface area contributed by atoms with Gasteiger partial charge in [-0.25, -0.2) is 9.37 Å². The van der Waals surface area contributed by atoms with Crippen LogP contribution in [0.5, 0.6) is 17.2 Å². The third kappa shape index (κ3) is 3.25. The van der Waals surface area contributed by atoms with Crippen molar-refractivity contribution in [3.63, 3.8) is 0 Å². The molecular formula is C20H17ClFN3O4. The van der Waals surface area contributed by atoms with E-state index in [0.29, 0.717) is 22.8 Å². The number of phenolic OH excluding ortho intramolecular Hbond substituents is 1. The van der Waals surface area contributed by atoms with E-state index < -0.39 is 5.82 Å². The van der Waals surface area contributed by atoms with Gasteiger partial charge >= 0.3 is 0 Å². The van der Waals surface area contributed by atoms with Crippen molar-refractivity contribution < 1.29 is 23.8 Å². The number of carbonyl (C=O) groups excluding carboxylic acids is 1. The van der Waals surface area contributed by atoms with Gasteiger partial charge in [0.05, 0.1) is 30.6 Å². The molecule has 1 aromatic heterocycles. The number of phenols is 1. The summed E-state index contributed by atoms with van der Waals surface area (Å²) < 4.78 is 25.6. The summed E-state index contributed by atoms with van der Waals surface area (Å²) in [5.74, 6) is -0.309. The summed E-state index contributed by atoms with van der Waals surface area (Å²) in [6, 6.07) is 7.56. The van der Waals surface area contributed by atoms with Crippen LogP contribution < -0.4 is 14.8 Å². The lowest BCUT2D eigenvalue weighted by Crippen LogP contribution is -2.25. The number of hydrogen-bond acceptors (Lipinski definition) is 5. The van der Waals surface area contributed by atoms with E-state index in [2.05, 4.69) is 10.3 Å². The van der Waals surface area contributed by atoms with Gasteiger partial charge in [-0.3, -0.25) is 9.36 Å². The highest BCUT2D eigenvalue weighted by atomic mass is 35.5. The van der Waals surface area contributed by atoms with Crippen LogP contribution >= 0.6 is 11.6 Å². The lowest BCUT2D eigenvalue weighted by atomic mass is 9.89. The largest absolute Gasteiger partial charge is 0.502 e. The minimum Gasteiger partial charge on any atom is -0.502 e. The van der Waals surface area contributed by atoms with Crippen LogP contribution in [0.1, 0.15) is 23.6 Å².